The van der Waals surface area contributed by atoms with Crippen LogP contribution in [0, 0.1) is 5.82 Å². The predicted octanol–water partition coefficient (Wildman–Crippen LogP) is 1.35. The van der Waals surface area contributed by atoms with Gasteiger partial charge in [-0.1, -0.05) is 0 Å². The van der Waals surface area contributed by atoms with Crippen molar-refractivity contribution >= 4 is 5.97 Å². The number of ether oxygens (including phenoxy) is 1. The van der Waals surface area contributed by atoms with Crippen LogP contribution in [0.2, 0.25) is 0 Å². The van der Waals surface area contributed by atoms with Gasteiger partial charge in [0.2, 0.25) is 0 Å². The van der Waals surface area contributed by atoms with Crippen molar-refractivity contribution in [2.45, 2.75) is 24.4 Å². The van der Waals surface area contributed by atoms with Gasteiger partial charge in [0, 0.05) is 24.3 Å². The van der Waals surface area contributed by atoms with Crippen molar-refractivity contribution in [1.82, 2.24) is 4.98 Å². The molecule has 1 unspecified atom stereocenters. The van der Waals surface area contributed by atoms with Crippen LogP contribution in [0.5, 0.6) is 0 Å². The van der Waals surface area contributed by atoms with E-state index in [0.717, 1.165) is 6.20 Å². The highest BCUT2D eigenvalue weighted by Crippen LogP contribution is 2.52. The van der Waals surface area contributed by atoms with E-state index < -0.39 is 23.3 Å². The molecule has 1 aliphatic carbocycles. The fourth-order valence-electron chi connectivity index (χ4n) is 2.15. The largest absolute Gasteiger partial charge is 0.479 e. The van der Waals surface area contributed by atoms with Gasteiger partial charge in [-0.2, -0.15) is 0 Å². The molecule has 86 valence electrons. The second kappa shape index (κ2) is 3.83. The summed E-state index contributed by atoms with van der Waals surface area (Å²) >= 11 is 0. The van der Waals surface area contributed by atoms with E-state index in [4.69, 9.17) is 9.84 Å². The fraction of sp³-hybridized carbons (Fsp3) is 0.455. The van der Waals surface area contributed by atoms with Crippen molar-refractivity contribution in [1.29, 1.82) is 0 Å². The number of carboxylic acid groups (broad SMARTS) is 1. The minimum absolute atomic E-state index is 0.386. The summed E-state index contributed by atoms with van der Waals surface area (Å²) in [6.07, 6.45) is 2.82. The molecule has 1 saturated carbocycles. The maximum absolute atomic E-state index is 13.6. The first-order chi connectivity index (χ1) is 7.62. The monoisotopic (exact) mass is 225 g/mol. The molecule has 0 aliphatic heterocycles. The van der Waals surface area contributed by atoms with Crippen LogP contribution in [0.3, 0.4) is 0 Å². The zero-order chi connectivity index (χ0) is 11.8. The smallest absolute Gasteiger partial charge is 0.333 e. The van der Waals surface area contributed by atoms with Crippen molar-refractivity contribution in [3.05, 3.63) is 29.8 Å². The van der Waals surface area contributed by atoms with Crippen LogP contribution >= 0.6 is 0 Å². The molecule has 0 saturated heterocycles. The normalized spacial score (nSPS) is 19.1. The molecule has 5 heteroatoms. The summed E-state index contributed by atoms with van der Waals surface area (Å²) in [5.41, 5.74) is -0.329. The number of hydrogen-bond acceptors (Lipinski definition) is 3. The molecule has 0 bridgehead atoms. The Balaban J connectivity index is 2.39. The van der Waals surface area contributed by atoms with E-state index in [-0.39, 0.29) is 0 Å². The average molecular weight is 225 g/mol. The molecule has 4 nitrogen and oxygen atoms in total. The molecule has 0 radical (unpaired) electrons. The Morgan fingerprint density at radius 3 is 2.81 bits per heavy atom. The Kier molecular flexibility index (Phi) is 2.63. The highest BCUT2D eigenvalue weighted by Gasteiger charge is 2.55. The third-order valence-electron chi connectivity index (χ3n) is 3.06. The lowest BCUT2D eigenvalue weighted by Crippen LogP contribution is -2.36. The first-order valence-corrected chi connectivity index (χ1v) is 4.97. The maximum Gasteiger partial charge on any atom is 0.333 e. The highest BCUT2D eigenvalue weighted by atomic mass is 19.1. The third kappa shape index (κ3) is 1.57. The Morgan fingerprint density at radius 2 is 2.38 bits per heavy atom. The first-order valence-electron chi connectivity index (χ1n) is 4.97. The van der Waals surface area contributed by atoms with E-state index in [1.54, 1.807) is 0 Å². The summed E-state index contributed by atoms with van der Waals surface area (Å²) < 4.78 is 18.5. The number of carboxylic acids is 1. The van der Waals surface area contributed by atoms with Gasteiger partial charge in [0.25, 0.3) is 0 Å². The van der Waals surface area contributed by atoms with Gasteiger partial charge >= 0.3 is 5.97 Å². The molecule has 1 heterocycles. The summed E-state index contributed by atoms with van der Waals surface area (Å²) in [6.45, 7) is 0. The minimum Gasteiger partial charge on any atom is -0.479 e. The standard InChI is InChI=1S/C11H12FNO3/c1-16-9(10(14)15)11(3-4-11)7-2-5-13-6-8(7)12/h2,5-6,9H,3-4H2,1H3,(H,14,15). The van der Waals surface area contributed by atoms with Crippen LogP contribution in [0.4, 0.5) is 4.39 Å². The minimum atomic E-state index is -1.06. The summed E-state index contributed by atoms with van der Waals surface area (Å²) in [5.74, 6) is -1.53. The van der Waals surface area contributed by atoms with Gasteiger partial charge in [0.1, 0.15) is 5.82 Å². The molecule has 1 fully saturated rings. The lowest BCUT2D eigenvalue weighted by Gasteiger charge is -2.22. The first kappa shape index (κ1) is 11.0. The molecule has 16 heavy (non-hydrogen) atoms. The SMILES string of the molecule is COC(C(=O)O)C1(c2ccncc2F)CC1. The second-order valence-electron chi connectivity index (χ2n) is 3.97. The van der Waals surface area contributed by atoms with Crippen molar-refractivity contribution in [3.8, 4) is 0 Å². The van der Waals surface area contributed by atoms with E-state index in [1.807, 2.05) is 0 Å². The lowest BCUT2D eigenvalue weighted by molar-refractivity contribution is -0.150. The molecule has 0 aromatic carbocycles. The van der Waals surface area contributed by atoms with Crippen LogP contribution in [0.15, 0.2) is 18.5 Å². The Hall–Kier alpha value is -1.49. The number of rotatable bonds is 4. The van der Waals surface area contributed by atoms with Crippen LogP contribution in [0.1, 0.15) is 18.4 Å². The summed E-state index contributed by atoms with van der Waals surface area (Å²) in [7, 11) is 1.33. The van der Waals surface area contributed by atoms with Crippen molar-refractivity contribution < 1.29 is 19.0 Å². The Labute approximate surface area is 92.1 Å². The van der Waals surface area contributed by atoms with Crippen molar-refractivity contribution in [2.75, 3.05) is 7.11 Å². The maximum atomic E-state index is 13.6. The number of pyridine rings is 1. The van der Waals surface area contributed by atoms with Gasteiger partial charge in [0.05, 0.1) is 6.20 Å². The van der Waals surface area contributed by atoms with Gasteiger partial charge in [-0.05, 0) is 18.9 Å². The van der Waals surface area contributed by atoms with Gasteiger partial charge in [-0.15, -0.1) is 0 Å². The molecule has 2 rings (SSSR count). The number of nitrogens with zero attached hydrogens (tertiary/aromatic N) is 1. The summed E-state index contributed by atoms with van der Waals surface area (Å²) in [6, 6.07) is 1.53. The second-order valence-corrected chi connectivity index (χ2v) is 3.97. The van der Waals surface area contributed by atoms with E-state index in [9.17, 15) is 9.18 Å². The highest BCUT2D eigenvalue weighted by molar-refractivity contribution is 5.76. The van der Waals surface area contributed by atoms with Crippen molar-refractivity contribution in [3.63, 3.8) is 0 Å². The molecule has 1 aliphatic rings. The van der Waals surface area contributed by atoms with Gasteiger partial charge < -0.3 is 9.84 Å². The number of aliphatic carboxylic acids is 1. The van der Waals surface area contributed by atoms with E-state index in [0.29, 0.717) is 18.4 Å². The number of aromatic nitrogens is 1. The van der Waals surface area contributed by atoms with E-state index >= 15 is 0 Å². The van der Waals surface area contributed by atoms with Crippen LogP contribution in [-0.2, 0) is 14.9 Å². The van der Waals surface area contributed by atoms with E-state index in [2.05, 4.69) is 4.98 Å². The molecule has 1 aromatic rings. The predicted molar refractivity (Wildman–Crippen MR) is 53.5 cm³/mol. The summed E-state index contributed by atoms with van der Waals surface area (Å²) in [4.78, 5) is 14.7. The molecule has 0 spiro atoms. The van der Waals surface area contributed by atoms with Crippen LogP contribution in [-0.4, -0.2) is 29.3 Å². The molecular weight excluding hydrogens is 213 g/mol. The van der Waals surface area contributed by atoms with Crippen molar-refractivity contribution in [2.24, 2.45) is 0 Å². The van der Waals surface area contributed by atoms with Crippen LogP contribution < -0.4 is 0 Å². The molecule has 1 N–H and O–H groups in total. The lowest BCUT2D eigenvalue weighted by atomic mass is 9.90. The molecule has 1 atom stereocenters. The quantitative estimate of drug-likeness (QED) is 0.840. The van der Waals surface area contributed by atoms with E-state index in [1.165, 1.54) is 19.4 Å². The Bertz CT molecular complexity index is 417. The zero-order valence-corrected chi connectivity index (χ0v) is 8.81. The average Bonchev–Trinajstić information content (AvgIpc) is 3.00. The number of carbonyl (C=O) groups is 1. The molecule has 1 aromatic heterocycles. The van der Waals surface area contributed by atoms with Crippen LogP contribution in [0.25, 0.3) is 0 Å². The van der Waals surface area contributed by atoms with Gasteiger partial charge in [-0.25, -0.2) is 9.18 Å². The molecule has 0 amide bonds. The summed E-state index contributed by atoms with van der Waals surface area (Å²) in [5, 5.41) is 9.04. The molecular formula is C11H12FNO3. The third-order valence-corrected chi connectivity index (χ3v) is 3.06. The number of halogens is 1. The fourth-order valence-corrected chi connectivity index (χ4v) is 2.15. The van der Waals surface area contributed by atoms with Gasteiger partial charge in [-0.3, -0.25) is 4.98 Å². The topological polar surface area (TPSA) is 59.4 Å². The zero-order valence-electron chi connectivity index (χ0n) is 8.81. The Morgan fingerprint density at radius 1 is 1.69 bits per heavy atom. The van der Waals surface area contributed by atoms with Gasteiger partial charge in [0.15, 0.2) is 6.10 Å². The number of hydrogen-bond donors (Lipinski definition) is 1. The number of methoxy groups -OCH3 is 1.